The molecule has 9 N–H and O–H groups in total. The zero-order valence-corrected chi connectivity index (χ0v) is 62.9. The van der Waals surface area contributed by atoms with Crippen LogP contribution < -0.4 is 5.32 Å². The molecule has 97 heavy (non-hydrogen) atoms. The van der Waals surface area contributed by atoms with Crippen LogP contribution >= 0.6 is 0 Å². The molecule has 12 unspecified atom stereocenters. The summed E-state index contributed by atoms with van der Waals surface area (Å²) in [7, 11) is 0. The Balaban J connectivity index is 1.59. The molecule has 0 spiro atoms. The van der Waals surface area contributed by atoms with Crippen molar-refractivity contribution in [1.82, 2.24) is 5.32 Å². The number of carbonyl (C=O) groups excluding carboxylic acids is 1. The van der Waals surface area contributed by atoms with Crippen molar-refractivity contribution >= 4 is 5.91 Å². The highest BCUT2D eigenvalue weighted by Gasteiger charge is 2.51. The fourth-order valence-electron chi connectivity index (χ4n) is 14.0. The molecule has 0 bridgehead atoms. The van der Waals surface area contributed by atoms with Crippen LogP contribution in [0.2, 0.25) is 0 Å². The highest BCUT2D eigenvalue weighted by molar-refractivity contribution is 5.76. The van der Waals surface area contributed by atoms with Gasteiger partial charge in [0.1, 0.15) is 48.8 Å². The number of aliphatic hydroxyl groups is 8. The third-order valence-electron chi connectivity index (χ3n) is 20.6. The Morgan fingerprint density at radius 2 is 0.680 bits per heavy atom. The molecular formula is C83H157NO13. The van der Waals surface area contributed by atoms with Gasteiger partial charge in [-0.05, 0) is 51.4 Å². The van der Waals surface area contributed by atoms with Gasteiger partial charge >= 0.3 is 0 Å². The van der Waals surface area contributed by atoms with E-state index in [2.05, 4.69) is 55.6 Å². The minimum atomic E-state index is -1.78. The molecule has 0 saturated carbocycles. The van der Waals surface area contributed by atoms with Crippen molar-refractivity contribution in [2.24, 2.45) is 0 Å². The molecule has 0 aromatic carbocycles. The van der Waals surface area contributed by atoms with Crippen LogP contribution in [-0.2, 0) is 23.7 Å². The van der Waals surface area contributed by atoms with Crippen LogP contribution in [0.4, 0.5) is 0 Å². The average Bonchev–Trinajstić information content (AvgIpc) is 0.794. The largest absolute Gasteiger partial charge is 0.394 e. The summed E-state index contributed by atoms with van der Waals surface area (Å²) in [6, 6.07) is -0.830. The number of ether oxygens (including phenoxy) is 4. The molecule has 2 heterocycles. The number of carbonyl (C=O) groups is 1. The molecule has 0 radical (unpaired) electrons. The maximum absolute atomic E-state index is 13.4. The molecule has 14 nitrogen and oxygen atoms in total. The van der Waals surface area contributed by atoms with E-state index >= 15 is 0 Å². The predicted octanol–water partition coefficient (Wildman–Crippen LogP) is 19.2. The van der Waals surface area contributed by atoms with Gasteiger partial charge in [0.2, 0.25) is 5.91 Å². The lowest BCUT2D eigenvalue weighted by Gasteiger charge is -2.46. The van der Waals surface area contributed by atoms with Crippen LogP contribution in [0.3, 0.4) is 0 Å². The maximum Gasteiger partial charge on any atom is 0.220 e. The minimum absolute atomic E-state index is 0.199. The molecule has 2 aliphatic heterocycles. The van der Waals surface area contributed by atoms with Gasteiger partial charge in [-0.1, -0.05) is 371 Å². The van der Waals surface area contributed by atoms with Gasteiger partial charge in [-0.25, -0.2) is 0 Å². The number of allylic oxidation sites excluding steroid dienone is 6. The summed E-state index contributed by atoms with van der Waals surface area (Å²) in [5.41, 5.74) is 0. The summed E-state index contributed by atoms with van der Waals surface area (Å²) < 4.78 is 23.0. The smallest absolute Gasteiger partial charge is 0.220 e. The molecule has 0 aliphatic carbocycles. The Kier molecular flexibility index (Phi) is 63.4. The summed E-state index contributed by atoms with van der Waals surface area (Å²) in [6.45, 7) is 2.92. The van der Waals surface area contributed by atoms with E-state index in [-0.39, 0.29) is 12.5 Å². The van der Waals surface area contributed by atoms with Crippen molar-refractivity contribution < 1.29 is 64.6 Å². The molecule has 2 saturated heterocycles. The summed E-state index contributed by atoms with van der Waals surface area (Å²) in [4.78, 5) is 13.4. The summed E-state index contributed by atoms with van der Waals surface area (Å²) in [5, 5.41) is 87.9. The third-order valence-corrected chi connectivity index (χ3v) is 20.6. The Bertz CT molecular complexity index is 1770. The summed E-state index contributed by atoms with van der Waals surface area (Å²) >= 11 is 0. The standard InChI is InChI=1S/C83H157NO13/c1-3-5-7-9-11-13-15-17-19-21-23-25-27-29-31-33-35-36-37-39-41-43-45-47-49-51-53-55-57-59-61-63-65-67-75(88)84-71(70-94-82-80(93)78(91)81(74(69-86)96-82)97-83-79(92)77(90)76(89)73(68-85)95-83)72(87)66-64-62-60-58-56-54-52-50-48-46-44-42-40-38-34-32-30-28-26-24-22-20-18-16-14-12-10-8-6-4-2/h15,17,21,23,27,29,71-74,76-83,85-87,89-93H,3-14,16,18-20,22,24-26,28,30-70H2,1-2H3,(H,84,88)/b17-15-,23-21-,29-27-. The fourth-order valence-corrected chi connectivity index (χ4v) is 14.0. The highest BCUT2D eigenvalue weighted by atomic mass is 16.7. The van der Waals surface area contributed by atoms with Gasteiger partial charge in [0.05, 0.1) is 32.0 Å². The Morgan fingerprint density at radius 1 is 0.371 bits per heavy atom. The summed E-state index contributed by atoms with van der Waals surface area (Å²) in [6.07, 6.45) is 71.9. The SMILES string of the molecule is CCCCCCC/C=C\C/C=C\C/C=C\CCCCCCCCCCCCCCCCCCCCC(=O)NC(COC1OC(CO)C(OC2OC(CO)C(O)C(O)C2O)C(O)C1O)C(O)CCCCCCCCCCCCCCCCCCCCCCCCCCCCCCCC. The van der Waals surface area contributed by atoms with Gasteiger partial charge in [-0.3, -0.25) is 4.79 Å². The zero-order valence-electron chi connectivity index (χ0n) is 62.9. The van der Waals surface area contributed by atoms with Gasteiger partial charge in [-0.15, -0.1) is 0 Å². The van der Waals surface area contributed by atoms with Crippen molar-refractivity contribution in [3.8, 4) is 0 Å². The first-order chi connectivity index (χ1) is 47.6. The summed E-state index contributed by atoms with van der Waals surface area (Å²) in [5.74, 6) is -0.199. The first kappa shape index (κ1) is 91.3. The molecule has 0 aromatic rings. The van der Waals surface area contributed by atoms with Crippen molar-refractivity contribution in [3.05, 3.63) is 36.5 Å². The second-order valence-electron chi connectivity index (χ2n) is 29.6. The molecule has 2 fully saturated rings. The quantitative estimate of drug-likeness (QED) is 0.0204. The molecule has 572 valence electrons. The lowest BCUT2D eigenvalue weighted by Crippen LogP contribution is -2.65. The lowest BCUT2D eigenvalue weighted by atomic mass is 9.97. The first-order valence-corrected chi connectivity index (χ1v) is 41.7. The molecule has 2 rings (SSSR count). The molecule has 14 heteroatoms. The van der Waals surface area contributed by atoms with Crippen LogP contribution in [0.1, 0.15) is 393 Å². The molecular weight excluding hydrogens is 1220 g/mol. The molecule has 12 atom stereocenters. The van der Waals surface area contributed by atoms with E-state index < -0.39 is 86.8 Å². The van der Waals surface area contributed by atoms with Crippen LogP contribution in [0, 0.1) is 0 Å². The minimum Gasteiger partial charge on any atom is -0.394 e. The van der Waals surface area contributed by atoms with Crippen molar-refractivity contribution in [2.45, 2.75) is 466 Å². The van der Waals surface area contributed by atoms with Gasteiger partial charge in [0.15, 0.2) is 12.6 Å². The Labute approximate surface area is 595 Å². The number of hydrogen-bond donors (Lipinski definition) is 9. The molecule has 1 amide bonds. The zero-order chi connectivity index (χ0) is 70.1. The number of unbranched alkanes of at least 4 members (excludes halogenated alkanes) is 52. The lowest BCUT2D eigenvalue weighted by molar-refractivity contribution is -0.359. The topological polar surface area (TPSA) is 228 Å². The normalized spacial score (nSPS) is 22.2. The number of rotatable bonds is 71. The van der Waals surface area contributed by atoms with Crippen LogP contribution in [0.15, 0.2) is 36.5 Å². The number of aliphatic hydroxyl groups excluding tert-OH is 8. The number of amides is 1. The van der Waals surface area contributed by atoms with E-state index in [0.717, 1.165) is 64.2 Å². The monoisotopic (exact) mass is 1380 g/mol. The van der Waals surface area contributed by atoms with Gasteiger partial charge in [0.25, 0.3) is 0 Å². The Hall–Kier alpha value is -1.79. The third kappa shape index (κ3) is 50.3. The van der Waals surface area contributed by atoms with Crippen LogP contribution in [-0.4, -0.2) is 140 Å². The van der Waals surface area contributed by atoms with E-state index in [1.165, 1.54) is 302 Å². The van der Waals surface area contributed by atoms with Gasteiger partial charge in [-0.2, -0.15) is 0 Å². The van der Waals surface area contributed by atoms with Crippen molar-refractivity contribution in [3.63, 3.8) is 0 Å². The number of hydrogen-bond acceptors (Lipinski definition) is 13. The molecule has 2 aliphatic rings. The van der Waals surface area contributed by atoms with Crippen LogP contribution in [0.5, 0.6) is 0 Å². The second-order valence-corrected chi connectivity index (χ2v) is 29.6. The van der Waals surface area contributed by atoms with Crippen molar-refractivity contribution in [2.75, 3.05) is 19.8 Å². The molecule has 0 aromatic heterocycles. The number of nitrogens with one attached hydrogen (secondary N) is 1. The van der Waals surface area contributed by atoms with Crippen LogP contribution in [0.25, 0.3) is 0 Å². The van der Waals surface area contributed by atoms with E-state index in [0.29, 0.717) is 12.8 Å². The van der Waals surface area contributed by atoms with E-state index in [1.54, 1.807) is 0 Å². The average molecular weight is 1380 g/mol. The second kappa shape index (κ2) is 67.4. The Morgan fingerprint density at radius 3 is 1.04 bits per heavy atom. The van der Waals surface area contributed by atoms with E-state index in [4.69, 9.17) is 18.9 Å². The van der Waals surface area contributed by atoms with E-state index in [1.807, 2.05) is 0 Å². The van der Waals surface area contributed by atoms with Crippen molar-refractivity contribution in [1.29, 1.82) is 0 Å². The first-order valence-electron chi connectivity index (χ1n) is 41.7. The fraction of sp³-hybridized carbons (Fsp3) is 0.916. The van der Waals surface area contributed by atoms with Gasteiger partial charge < -0.3 is 65.1 Å². The van der Waals surface area contributed by atoms with Gasteiger partial charge in [0, 0.05) is 6.42 Å². The highest BCUT2D eigenvalue weighted by Crippen LogP contribution is 2.31. The maximum atomic E-state index is 13.4. The van der Waals surface area contributed by atoms with E-state index in [9.17, 15) is 45.6 Å². The predicted molar refractivity (Wildman–Crippen MR) is 401 cm³/mol.